The number of hydrogen-bond acceptors (Lipinski definition) is 5. The van der Waals surface area contributed by atoms with Gasteiger partial charge in [-0.05, 0) is 6.07 Å². The van der Waals surface area contributed by atoms with Gasteiger partial charge in [-0.2, -0.15) is 0 Å². The summed E-state index contributed by atoms with van der Waals surface area (Å²) in [5, 5.41) is 18.8. The zero-order valence-corrected chi connectivity index (χ0v) is 9.82. The molecule has 0 radical (unpaired) electrons. The van der Waals surface area contributed by atoms with Crippen molar-refractivity contribution in [2.45, 2.75) is 0 Å². The third-order valence-corrected chi connectivity index (χ3v) is 3.00. The Bertz CT molecular complexity index is 794. The SMILES string of the molecule is O=c1[nH]c2cc(Cl)c(Cl)c([N+](=O)[O-])c2c(=O)n1O. The summed E-state index contributed by atoms with van der Waals surface area (Å²) in [5.41, 5.74) is -3.35. The van der Waals surface area contributed by atoms with E-state index < -0.39 is 32.3 Å². The van der Waals surface area contributed by atoms with E-state index in [-0.39, 0.29) is 15.3 Å². The van der Waals surface area contributed by atoms with Crippen molar-refractivity contribution in [2.24, 2.45) is 0 Å². The fourth-order valence-corrected chi connectivity index (χ4v) is 1.88. The average Bonchev–Trinajstić information content (AvgIpc) is 2.29. The van der Waals surface area contributed by atoms with E-state index in [2.05, 4.69) is 4.98 Å². The van der Waals surface area contributed by atoms with Crippen LogP contribution in [0.5, 0.6) is 0 Å². The van der Waals surface area contributed by atoms with E-state index in [1.807, 2.05) is 0 Å². The van der Waals surface area contributed by atoms with E-state index in [4.69, 9.17) is 28.4 Å². The maximum absolute atomic E-state index is 11.6. The normalized spacial score (nSPS) is 10.8. The van der Waals surface area contributed by atoms with E-state index in [0.29, 0.717) is 0 Å². The molecular formula is C8H3Cl2N3O5. The molecule has 1 aromatic heterocycles. The summed E-state index contributed by atoms with van der Waals surface area (Å²) in [6.07, 6.45) is 0. The van der Waals surface area contributed by atoms with Crippen LogP contribution < -0.4 is 11.2 Å². The van der Waals surface area contributed by atoms with Crippen LogP contribution >= 0.6 is 23.2 Å². The highest BCUT2D eigenvalue weighted by molar-refractivity contribution is 6.44. The Balaban J connectivity index is 3.20. The zero-order valence-electron chi connectivity index (χ0n) is 8.31. The van der Waals surface area contributed by atoms with Crippen molar-refractivity contribution in [3.63, 3.8) is 0 Å². The van der Waals surface area contributed by atoms with Crippen LogP contribution in [0.4, 0.5) is 5.69 Å². The first kappa shape index (κ1) is 12.4. The van der Waals surface area contributed by atoms with Crippen molar-refractivity contribution < 1.29 is 10.1 Å². The molecule has 0 fully saturated rings. The first-order valence-electron chi connectivity index (χ1n) is 4.35. The topological polar surface area (TPSA) is 118 Å². The summed E-state index contributed by atoms with van der Waals surface area (Å²) >= 11 is 11.3. The number of aromatic nitrogens is 2. The van der Waals surface area contributed by atoms with E-state index in [1.165, 1.54) is 0 Å². The van der Waals surface area contributed by atoms with Gasteiger partial charge in [0.25, 0.3) is 0 Å². The van der Waals surface area contributed by atoms with Gasteiger partial charge in [0.05, 0.1) is 15.5 Å². The minimum atomic E-state index is -1.25. The van der Waals surface area contributed by atoms with Gasteiger partial charge < -0.3 is 10.2 Å². The fraction of sp³-hybridized carbons (Fsp3) is 0. The Kier molecular flexibility index (Phi) is 2.76. The summed E-state index contributed by atoms with van der Waals surface area (Å²) in [6, 6.07) is 1.09. The maximum atomic E-state index is 11.6. The number of nitro benzene ring substituents is 1. The fourth-order valence-electron chi connectivity index (χ4n) is 1.47. The maximum Gasteiger partial charge on any atom is 0.362 e. The molecule has 0 bridgehead atoms. The summed E-state index contributed by atoms with van der Waals surface area (Å²) < 4.78 is -0.278. The minimum absolute atomic E-state index is 0.184. The van der Waals surface area contributed by atoms with Crippen LogP contribution in [0, 0.1) is 10.1 Å². The second-order valence-corrected chi connectivity index (χ2v) is 4.03. The number of rotatable bonds is 1. The van der Waals surface area contributed by atoms with Crippen LogP contribution in [0.1, 0.15) is 0 Å². The smallest absolute Gasteiger partial charge is 0.362 e. The Morgan fingerprint density at radius 1 is 1.39 bits per heavy atom. The second kappa shape index (κ2) is 4.00. The Morgan fingerprint density at radius 3 is 2.56 bits per heavy atom. The lowest BCUT2D eigenvalue weighted by Crippen LogP contribution is -2.33. The third kappa shape index (κ3) is 1.62. The molecule has 94 valence electrons. The second-order valence-electron chi connectivity index (χ2n) is 3.25. The van der Waals surface area contributed by atoms with Crippen LogP contribution in [-0.2, 0) is 0 Å². The largest absolute Gasteiger partial charge is 0.421 e. The molecule has 0 aliphatic carbocycles. The number of hydrogen-bond donors (Lipinski definition) is 2. The molecular weight excluding hydrogens is 289 g/mol. The molecule has 10 heteroatoms. The Morgan fingerprint density at radius 2 is 2.00 bits per heavy atom. The lowest BCUT2D eigenvalue weighted by Gasteiger charge is -2.03. The molecule has 0 spiro atoms. The van der Waals surface area contributed by atoms with Gasteiger partial charge in [-0.1, -0.05) is 27.9 Å². The highest BCUT2D eigenvalue weighted by Crippen LogP contribution is 2.36. The molecule has 2 N–H and O–H groups in total. The number of aromatic amines is 1. The van der Waals surface area contributed by atoms with Gasteiger partial charge in [0.1, 0.15) is 10.4 Å². The first-order valence-corrected chi connectivity index (χ1v) is 5.11. The van der Waals surface area contributed by atoms with Crippen LogP contribution in [0.15, 0.2) is 15.7 Å². The number of H-pyrrole nitrogens is 1. The monoisotopic (exact) mass is 291 g/mol. The lowest BCUT2D eigenvalue weighted by molar-refractivity contribution is -0.383. The lowest BCUT2D eigenvalue weighted by atomic mass is 10.2. The summed E-state index contributed by atoms with van der Waals surface area (Å²) in [7, 11) is 0. The minimum Gasteiger partial charge on any atom is -0.421 e. The number of nitro groups is 1. The molecule has 0 saturated heterocycles. The standard InChI is InChI=1S/C8H3Cl2N3O5/c9-2-1-3-4(6(5(2)10)13(17)18)7(14)12(16)8(15)11-3/h1,16H,(H,11,15). The highest BCUT2D eigenvalue weighted by atomic mass is 35.5. The first-order chi connectivity index (χ1) is 8.34. The van der Waals surface area contributed by atoms with Crippen molar-refractivity contribution in [2.75, 3.05) is 0 Å². The molecule has 1 aromatic carbocycles. The predicted molar refractivity (Wildman–Crippen MR) is 62.7 cm³/mol. The molecule has 0 aliphatic rings. The van der Waals surface area contributed by atoms with Gasteiger partial charge in [-0.3, -0.25) is 14.9 Å². The van der Waals surface area contributed by atoms with Crippen molar-refractivity contribution in [3.8, 4) is 0 Å². The molecule has 0 aliphatic heterocycles. The van der Waals surface area contributed by atoms with Gasteiger partial charge in [0.2, 0.25) is 0 Å². The predicted octanol–water partition coefficient (Wildman–Crippen LogP) is 1.14. The van der Waals surface area contributed by atoms with E-state index >= 15 is 0 Å². The summed E-state index contributed by atoms with van der Waals surface area (Å²) in [4.78, 5) is 34.8. The number of nitrogens with one attached hydrogen (secondary N) is 1. The molecule has 2 rings (SSSR count). The van der Waals surface area contributed by atoms with Gasteiger partial charge in [0.15, 0.2) is 0 Å². The zero-order chi connectivity index (χ0) is 13.6. The summed E-state index contributed by atoms with van der Waals surface area (Å²) in [5.74, 6) is 0. The molecule has 0 atom stereocenters. The van der Waals surface area contributed by atoms with Gasteiger partial charge in [-0.15, -0.1) is 0 Å². The van der Waals surface area contributed by atoms with Gasteiger partial charge in [0, 0.05) is 0 Å². The highest BCUT2D eigenvalue weighted by Gasteiger charge is 2.25. The van der Waals surface area contributed by atoms with Crippen LogP contribution in [0.3, 0.4) is 0 Å². The number of nitrogens with zero attached hydrogens (tertiary/aromatic N) is 2. The quantitative estimate of drug-likeness (QED) is 0.464. The third-order valence-electron chi connectivity index (χ3n) is 2.22. The molecule has 2 aromatic rings. The van der Waals surface area contributed by atoms with Crippen LogP contribution in [0.25, 0.3) is 10.9 Å². The molecule has 0 amide bonds. The van der Waals surface area contributed by atoms with E-state index in [0.717, 1.165) is 6.07 Å². The van der Waals surface area contributed by atoms with Crippen molar-refractivity contribution in [3.05, 3.63) is 47.1 Å². The number of halogens is 2. The van der Waals surface area contributed by atoms with Crippen molar-refractivity contribution in [1.82, 2.24) is 9.71 Å². The Labute approximate surface area is 107 Å². The van der Waals surface area contributed by atoms with Crippen molar-refractivity contribution in [1.29, 1.82) is 0 Å². The molecule has 0 saturated carbocycles. The van der Waals surface area contributed by atoms with Gasteiger partial charge >= 0.3 is 16.9 Å². The van der Waals surface area contributed by atoms with Crippen molar-refractivity contribution >= 4 is 39.8 Å². The molecule has 18 heavy (non-hydrogen) atoms. The van der Waals surface area contributed by atoms with E-state index in [9.17, 15) is 19.7 Å². The molecule has 8 nitrogen and oxygen atoms in total. The Hall–Kier alpha value is -2.06. The van der Waals surface area contributed by atoms with Crippen LogP contribution in [0.2, 0.25) is 10.0 Å². The average molecular weight is 292 g/mol. The molecule has 1 heterocycles. The number of fused-ring (bicyclic) bond motifs is 1. The van der Waals surface area contributed by atoms with Gasteiger partial charge in [-0.25, -0.2) is 4.79 Å². The van der Waals surface area contributed by atoms with Crippen LogP contribution in [-0.4, -0.2) is 19.8 Å². The summed E-state index contributed by atoms with van der Waals surface area (Å²) in [6.45, 7) is 0. The molecule has 0 unspecified atom stereocenters. The van der Waals surface area contributed by atoms with E-state index in [1.54, 1.807) is 0 Å². The number of benzene rings is 1.